The molecule has 0 aliphatic rings. The molecule has 26 heavy (non-hydrogen) atoms. The van der Waals surface area contributed by atoms with Crippen LogP contribution in [0.3, 0.4) is 0 Å². The lowest BCUT2D eigenvalue weighted by Gasteiger charge is -2.05. The van der Waals surface area contributed by atoms with Gasteiger partial charge < -0.3 is 14.5 Å². The molecule has 130 valence electrons. The van der Waals surface area contributed by atoms with E-state index in [1.54, 1.807) is 36.4 Å². The van der Waals surface area contributed by atoms with Gasteiger partial charge in [-0.25, -0.2) is 4.39 Å². The van der Waals surface area contributed by atoms with Crippen LogP contribution in [0.2, 0.25) is 0 Å². The molecule has 3 aromatic rings. The lowest BCUT2D eigenvalue weighted by atomic mass is 10.1. The normalized spacial score (nSPS) is 10.2. The van der Waals surface area contributed by atoms with Crippen LogP contribution in [-0.2, 0) is 13.2 Å². The average molecular weight is 350 g/mol. The summed E-state index contributed by atoms with van der Waals surface area (Å²) in [5.74, 6) is 0.489. The molecule has 0 saturated carbocycles. The standard InChI is InChI=1S/C20H15FN2O3/c21-16-5-7-17(8-6-16)25-13-18-9-10-19(26-18)20(24)23-12-15-3-1-14(11-22)2-4-15/h1-10H,12-13H2,(H,23,24). The zero-order valence-electron chi connectivity index (χ0n) is 13.7. The van der Waals surface area contributed by atoms with E-state index in [0.717, 1.165) is 5.56 Å². The Morgan fingerprint density at radius 2 is 1.81 bits per heavy atom. The maximum atomic E-state index is 12.8. The van der Waals surface area contributed by atoms with Gasteiger partial charge in [-0.05, 0) is 54.1 Å². The Labute approximate surface area is 149 Å². The van der Waals surface area contributed by atoms with Gasteiger partial charge in [-0.2, -0.15) is 5.26 Å². The van der Waals surface area contributed by atoms with E-state index in [1.807, 2.05) is 6.07 Å². The van der Waals surface area contributed by atoms with E-state index < -0.39 is 0 Å². The van der Waals surface area contributed by atoms with E-state index in [9.17, 15) is 9.18 Å². The summed E-state index contributed by atoms with van der Waals surface area (Å²) in [4.78, 5) is 12.1. The third kappa shape index (κ3) is 4.48. The molecule has 5 nitrogen and oxygen atoms in total. The number of carbonyl (C=O) groups excluding carboxylic acids is 1. The van der Waals surface area contributed by atoms with E-state index >= 15 is 0 Å². The number of hydrogen-bond donors (Lipinski definition) is 1. The number of nitriles is 1. The van der Waals surface area contributed by atoms with Gasteiger partial charge >= 0.3 is 0 Å². The molecule has 1 N–H and O–H groups in total. The van der Waals surface area contributed by atoms with Crippen molar-refractivity contribution < 1.29 is 18.3 Å². The summed E-state index contributed by atoms with van der Waals surface area (Å²) in [7, 11) is 0. The van der Waals surface area contributed by atoms with Crippen molar-refractivity contribution in [1.82, 2.24) is 5.32 Å². The topological polar surface area (TPSA) is 75.3 Å². The Hall–Kier alpha value is -3.59. The van der Waals surface area contributed by atoms with Crippen LogP contribution in [0.4, 0.5) is 4.39 Å². The second-order valence-corrected chi connectivity index (χ2v) is 5.50. The second kappa shape index (κ2) is 7.99. The number of hydrogen-bond acceptors (Lipinski definition) is 4. The van der Waals surface area contributed by atoms with E-state index in [1.165, 1.54) is 24.3 Å². The Kier molecular flexibility index (Phi) is 5.30. The van der Waals surface area contributed by atoms with Gasteiger partial charge in [0.2, 0.25) is 0 Å². The summed E-state index contributed by atoms with van der Waals surface area (Å²) < 4.78 is 23.8. The van der Waals surface area contributed by atoms with Gasteiger partial charge in [0.15, 0.2) is 5.76 Å². The van der Waals surface area contributed by atoms with Gasteiger partial charge in [0, 0.05) is 6.54 Å². The third-order valence-corrected chi connectivity index (χ3v) is 3.62. The number of rotatable bonds is 6. The Bertz CT molecular complexity index is 925. The number of nitrogens with zero attached hydrogens (tertiary/aromatic N) is 1. The number of carbonyl (C=O) groups is 1. The van der Waals surface area contributed by atoms with Gasteiger partial charge in [-0.3, -0.25) is 4.79 Å². The van der Waals surface area contributed by atoms with Crippen LogP contribution in [0.5, 0.6) is 5.75 Å². The molecule has 1 amide bonds. The fourth-order valence-electron chi connectivity index (χ4n) is 2.23. The van der Waals surface area contributed by atoms with Crippen molar-refractivity contribution in [2.45, 2.75) is 13.2 Å². The third-order valence-electron chi connectivity index (χ3n) is 3.62. The summed E-state index contributed by atoms with van der Waals surface area (Å²) in [5, 5.41) is 11.5. The summed E-state index contributed by atoms with van der Waals surface area (Å²) in [5.41, 5.74) is 1.45. The molecule has 1 heterocycles. The van der Waals surface area contributed by atoms with Crippen LogP contribution < -0.4 is 10.1 Å². The molecule has 3 rings (SSSR count). The predicted molar refractivity (Wildman–Crippen MR) is 91.8 cm³/mol. The van der Waals surface area contributed by atoms with Crippen molar-refractivity contribution in [3.8, 4) is 11.8 Å². The molecular weight excluding hydrogens is 335 g/mol. The fraction of sp³-hybridized carbons (Fsp3) is 0.100. The van der Waals surface area contributed by atoms with Gasteiger partial charge in [-0.1, -0.05) is 12.1 Å². The van der Waals surface area contributed by atoms with Crippen molar-refractivity contribution in [3.63, 3.8) is 0 Å². The molecule has 0 radical (unpaired) electrons. The SMILES string of the molecule is N#Cc1ccc(CNC(=O)c2ccc(COc3ccc(F)cc3)o2)cc1. The molecule has 6 heteroatoms. The van der Waals surface area contributed by atoms with Crippen LogP contribution in [0.25, 0.3) is 0 Å². The number of furan rings is 1. The zero-order chi connectivity index (χ0) is 18.4. The van der Waals surface area contributed by atoms with Crippen LogP contribution in [0.15, 0.2) is 65.1 Å². The molecule has 1 aromatic heterocycles. The highest BCUT2D eigenvalue weighted by Crippen LogP contribution is 2.15. The van der Waals surface area contributed by atoms with Gasteiger partial charge in [0.1, 0.15) is 23.9 Å². The Morgan fingerprint density at radius 1 is 1.08 bits per heavy atom. The van der Waals surface area contributed by atoms with E-state index in [2.05, 4.69) is 5.32 Å². The van der Waals surface area contributed by atoms with Crippen LogP contribution in [0.1, 0.15) is 27.4 Å². The van der Waals surface area contributed by atoms with Gasteiger partial charge in [0.25, 0.3) is 5.91 Å². The molecule has 0 fully saturated rings. The van der Waals surface area contributed by atoms with Crippen LogP contribution >= 0.6 is 0 Å². The number of nitrogens with one attached hydrogen (secondary N) is 1. The summed E-state index contributed by atoms with van der Waals surface area (Å²) in [6, 6.07) is 17.9. The number of amides is 1. The number of ether oxygens (including phenoxy) is 1. The largest absolute Gasteiger partial charge is 0.486 e. The number of benzene rings is 2. The van der Waals surface area contributed by atoms with Crippen LogP contribution in [-0.4, -0.2) is 5.91 Å². The molecule has 0 bridgehead atoms. The molecule has 2 aromatic carbocycles. The van der Waals surface area contributed by atoms with Crippen molar-refractivity contribution in [2.75, 3.05) is 0 Å². The summed E-state index contributed by atoms with van der Waals surface area (Å²) in [6.45, 7) is 0.460. The Morgan fingerprint density at radius 3 is 2.50 bits per heavy atom. The maximum Gasteiger partial charge on any atom is 0.287 e. The molecule has 0 spiro atoms. The highest BCUT2D eigenvalue weighted by Gasteiger charge is 2.11. The molecule has 0 saturated heterocycles. The first-order valence-electron chi connectivity index (χ1n) is 7.88. The molecular formula is C20H15FN2O3. The first kappa shape index (κ1) is 17.2. The van der Waals surface area contributed by atoms with Gasteiger partial charge in [0.05, 0.1) is 11.6 Å². The van der Waals surface area contributed by atoms with Crippen molar-refractivity contribution in [2.24, 2.45) is 0 Å². The monoisotopic (exact) mass is 350 g/mol. The van der Waals surface area contributed by atoms with E-state index in [4.69, 9.17) is 14.4 Å². The molecule has 0 unspecified atom stereocenters. The minimum absolute atomic E-state index is 0.133. The fourth-order valence-corrected chi connectivity index (χ4v) is 2.23. The van der Waals surface area contributed by atoms with Crippen molar-refractivity contribution in [1.29, 1.82) is 5.26 Å². The summed E-state index contributed by atoms with van der Waals surface area (Å²) in [6.07, 6.45) is 0. The first-order valence-corrected chi connectivity index (χ1v) is 7.88. The quantitative estimate of drug-likeness (QED) is 0.734. The molecule has 0 aliphatic carbocycles. The minimum Gasteiger partial charge on any atom is -0.486 e. The van der Waals surface area contributed by atoms with Crippen LogP contribution in [0, 0.1) is 17.1 Å². The van der Waals surface area contributed by atoms with Gasteiger partial charge in [-0.15, -0.1) is 0 Å². The highest BCUT2D eigenvalue weighted by molar-refractivity contribution is 5.91. The molecule has 0 aliphatic heterocycles. The van der Waals surface area contributed by atoms with Crippen molar-refractivity contribution >= 4 is 5.91 Å². The zero-order valence-corrected chi connectivity index (χ0v) is 13.7. The smallest absolute Gasteiger partial charge is 0.287 e. The van der Waals surface area contributed by atoms with E-state index in [0.29, 0.717) is 23.6 Å². The lowest BCUT2D eigenvalue weighted by molar-refractivity contribution is 0.0919. The molecule has 0 atom stereocenters. The van der Waals surface area contributed by atoms with Crippen molar-refractivity contribution in [3.05, 3.63) is 89.1 Å². The predicted octanol–water partition coefficient (Wildman–Crippen LogP) is 3.80. The minimum atomic E-state index is -0.345. The summed E-state index contributed by atoms with van der Waals surface area (Å²) >= 11 is 0. The highest BCUT2D eigenvalue weighted by atomic mass is 19.1. The second-order valence-electron chi connectivity index (χ2n) is 5.50. The average Bonchev–Trinajstić information content (AvgIpc) is 3.15. The first-order chi connectivity index (χ1) is 12.6. The Balaban J connectivity index is 1.52. The number of halogens is 1. The maximum absolute atomic E-state index is 12.8. The van der Waals surface area contributed by atoms with E-state index in [-0.39, 0.29) is 24.1 Å². The lowest BCUT2D eigenvalue weighted by Crippen LogP contribution is -2.22.